The molecule has 0 heterocycles. The fraction of sp³-hybridized carbons (Fsp3) is 0.433. The third kappa shape index (κ3) is 6.38. The van der Waals surface area contributed by atoms with Crippen LogP contribution in [0.3, 0.4) is 0 Å². The van der Waals surface area contributed by atoms with Gasteiger partial charge in [-0.25, -0.2) is 4.79 Å². The number of nitrogens with two attached hydrogens (primary N) is 1. The van der Waals surface area contributed by atoms with Gasteiger partial charge in [-0.05, 0) is 64.7 Å². The Kier molecular flexibility index (Phi) is 9.25. The van der Waals surface area contributed by atoms with Gasteiger partial charge in [-0.3, -0.25) is 4.79 Å². The second kappa shape index (κ2) is 12.0. The second-order valence-corrected chi connectivity index (χ2v) is 11.6. The van der Waals surface area contributed by atoms with Gasteiger partial charge in [0.15, 0.2) is 0 Å². The molecular formula is C30H33BrN2O5. The smallest absolute Gasteiger partial charge is 0.329 e. The molecule has 3 rings (SSSR count). The minimum absolute atomic E-state index is 0.101. The molecular weight excluding hydrogens is 548 g/mol. The van der Waals surface area contributed by atoms with Crippen LogP contribution in [0.15, 0.2) is 40.9 Å². The van der Waals surface area contributed by atoms with Gasteiger partial charge in [0.25, 0.3) is 0 Å². The minimum Gasteiger partial charge on any atom is -0.489 e. The molecule has 2 aromatic rings. The molecule has 1 aliphatic rings. The Hall–Kier alpha value is -3.33. The first kappa shape index (κ1) is 29.2. The Balaban J connectivity index is 1.73. The highest BCUT2D eigenvalue weighted by Gasteiger charge is 2.63. The molecule has 0 atom stereocenters. The zero-order chi connectivity index (χ0) is 28.1. The number of hydrogen-bond donors (Lipinski definition) is 2. The molecule has 0 spiro atoms. The molecule has 1 saturated carbocycles. The first-order valence-electron chi connectivity index (χ1n) is 12.5. The number of rotatable bonds is 10. The maximum atomic E-state index is 12.3. The van der Waals surface area contributed by atoms with Crippen molar-refractivity contribution in [3.63, 3.8) is 0 Å². The van der Waals surface area contributed by atoms with E-state index in [-0.39, 0.29) is 29.5 Å². The van der Waals surface area contributed by atoms with Gasteiger partial charge in [0.2, 0.25) is 5.91 Å². The molecule has 38 heavy (non-hydrogen) atoms. The molecule has 200 valence electrons. The molecule has 1 amide bonds. The average Bonchev–Trinajstić information content (AvgIpc) is 2.84. The normalized spacial score (nSPS) is 18.8. The average molecular weight is 582 g/mol. The van der Waals surface area contributed by atoms with E-state index in [9.17, 15) is 14.9 Å². The third-order valence-corrected chi connectivity index (χ3v) is 7.74. The molecule has 8 heteroatoms. The van der Waals surface area contributed by atoms with Crippen molar-refractivity contribution in [2.24, 2.45) is 16.6 Å². The molecule has 0 radical (unpaired) electrons. The second-order valence-electron chi connectivity index (χ2n) is 10.7. The standard InChI is InChI=1S/C30H33BrN2O5/c1-29(2)26(30(3,4)28(29)38-22-13-12-21(17-32)24(31)16-22)20-11-10-19(23(15-20)27(33)36)9-7-5-6-8-14-37-18-25(34)35/h10-13,15-16,26,28H,5-6,8,14,18H2,1-4H3,(H2,33,36)(H,34,35). The number of carbonyl (C=O) groups is 2. The Morgan fingerprint density at radius 2 is 1.76 bits per heavy atom. The number of hydrogen-bond acceptors (Lipinski definition) is 5. The van der Waals surface area contributed by atoms with Crippen molar-refractivity contribution in [2.45, 2.75) is 59.0 Å². The van der Waals surface area contributed by atoms with Crippen LogP contribution >= 0.6 is 15.9 Å². The van der Waals surface area contributed by atoms with E-state index in [2.05, 4.69) is 61.5 Å². The lowest BCUT2D eigenvalue weighted by atomic mass is 9.44. The highest BCUT2D eigenvalue weighted by Crippen LogP contribution is 2.65. The number of carboxylic acids is 1. The van der Waals surface area contributed by atoms with E-state index in [4.69, 9.17) is 20.3 Å². The number of aliphatic carboxylic acids is 1. The number of benzene rings is 2. The molecule has 0 unspecified atom stereocenters. The molecule has 7 nitrogen and oxygen atoms in total. The van der Waals surface area contributed by atoms with E-state index in [1.165, 1.54) is 0 Å². The van der Waals surface area contributed by atoms with E-state index in [1.54, 1.807) is 6.07 Å². The summed E-state index contributed by atoms with van der Waals surface area (Å²) >= 11 is 3.43. The van der Waals surface area contributed by atoms with Crippen LogP contribution in [0.1, 0.15) is 79.9 Å². The van der Waals surface area contributed by atoms with Crippen molar-refractivity contribution in [1.82, 2.24) is 0 Å². The summed E-state index contributed by atoms with van der Waals surface area (Å²) in [6.45, 7) is 8.70. The van der Waals surface area contributed by atoms with Gasteiger partial charge in [-0.1, -0.05) is 45.6 Å². The Morgan fingerprint density at radius 1 is 1.08 bits per heavy atom. The third-order valence-electron chi connectivity index (χ3n) is 7.09. The Labute approximate surface area is 232 Å². The molecule has 1 fully saturated rings. The van der Waals surface area contributed by atoms with Crippen LogP contribution in [-0.4, -0.2) is 36.3 Å². The maximum absolute atomic E-state index is 12.3. The highest BCUT2D eigenvalue weighted by molar-refractivity contribution is 9.10. The summed E-state index contributed by atoms with van der Waals surface area (Å²) < 4.78 is 12.1. The number of nitriles is 1. The summed E-state index contributed by atoms with van der Waals surface area (Å²) in [6, 6.07) is 13.2. The van der Waals surface area contributed by atoms with E-state index < -0.39 is 11.9 Å². The number of nitrogens with zero attached hydrogens (tertiary/aromatic N) is 1. The largest absolute Gasteiger partial charge is 0.489 e. The van der Waals surface area contributed by atoms with E-state index in [0.29, 0.717) is 46.4 Å². The van der Waals surface area contributed by atoms with Crippen LogP contribution in [0.5, 0.6) is 5.75 Å². The van der Waals surface area contributed by atoms with Gasteiger partial charge < -0.3 is 20.3 Å². The quantitative estimate of drug-likeness (QED) is 0.277. The van der Waals surface area contributed by atoms with Gasteiger partial charge in [0, 0.05) is 39.8 Å². The molecule has 0 aromatic heterocycles. The summed E-state index contributed by atoms with van der Waals surface area (Å²) in [5.74, 6) is 5.43. The van der Waals surface area contributed by atoms with E-state index in [0.717, 1.165) is 12.0 Å². The zero-order valence-electron chi connectivity index (χ0n) is 22.1. The number of primary amides is 1. The fourth-order valence-electron chi connectivity index (χ4n) is 5.87. The van der Waals surface area contributed by atoms with Gasteiger partial charge in [0.05, 0.1) is 11.1 Å². The number of unbranched alkanes of at least 4 members (excludes halogenated alkanes) is 2. The van der Waals surface area contributed by atoms with Crippen molar-refractivity contribution in [3.8, 4) is 23.7 Å². The SMILES string of the molecule is CC1(C)C(Oc2ccc(C#N)c(Br)c2)C(C)(C)C1c1ccc(C#CCCCCOCC(=O)O)c(C(N)=O)c1. The molecule has 2 aromatic carbocycles. The number of amides is 1. The molecule has 0 aliphatic heterocycles. The van der Waals surface area contributed by atoms with Crippen LogP contribution in [0.4, 0.5) is 0 Å². The van der Waals surface area contributed by atoms with Crippen molar-refractivity contribution in [3.05, 3.63) is 63.1 Å². The summed E-state index contributed by atoms with van der Waals surface area (Å²) in [6.07, 6.45) is 1.97. The van der Waals surface area contributed by atoms with E-state index >= 15 is 0 Å². The first-order chi connectivity index (χ1) is 17.9. The topological polar surface area (TPSA) is 123 Å². The van der Waals surface area contributed by atoms with E-state index in [1.807, 2.05) is 30.3 Å². The lowest BCUT2D eigenvalue weighted by molar-refractivity contribution is -0.160. The zero-order valence-corrected chi connectivity index (χ0v) is 23.7. The number of halogens is 1. The Bertz CT molecular complexity index is 1300. The summed E-state index contributed by atoms with van der Waals surface area (Å²) in [5.41, 5.74) is 7.80. The van der Waals surface area contributed by atoms with Crippen LogP contribution < -0.4 is 10.5 Å². The molecule has 3 N–H and O–H groups in total. The molecule has 0 bridgehead atoms. The summed E-state index contributed by atoms with van der Waals surface area (Å²) in [5, 5.41) is 17.8. The van der Waals surface area contributed by atoms with Crippen molar-refractivity contribution >= 4 is 27.8 Å². The number of carbonyl (C=O) groups excluding carboxylic acids is 1. The van der Waals surface area contributed by atoms with Gasteiger partial charge in [-0.15, -0.1) is 0 Å². The number of carboxylic acid groups (broad SMARTS) is 1. The van der Waals surface area contributed by atoms with Gasteiger partial charge in [-0.2, -0.15) is 5.26 Å². The van der Waals surface area contributed by atoms with Crippen molar-refractivity contribution < 1.29 is 24.2 Å². The minimum atomic E-state index is -0.983. The van der Waals surface area contributed by atoms with Gasteiger partial charge >= 0.3 is 5.97 Å². The summed E-state index contributed by atoms with van der Waals surface area (Å²) in [4.78, 5) is 22.8. The van der Waals surface area contributed by atoms with Crippen molar-refractivity contribution in [2.75, 3.05) is 13.2 Å². The molecule has 1 aliphatic carbocycles. The lowest BCUT2D eigenvalue weighted by Crippen LogP contribution is -2.64. The van der Waals surface area contributed by atoms with Crippen LogP contribution in [0.2, 0.25) is 0 Å². The highest BCUT2D eigenvalue weighted by atomic mass is 79.9. The predicted molar refractivity (Wildman–Crippen MR) is 148 cm³/mol. The fourth-order valence-corrected chi connectivity index (χ4v) is 6.32. The maximum Gasteiger partial charge on any atom is 0.329 e. The van der Waals surface area contributed by atoms with Crippen LogP contribution in [-0.2, 0) is 9.53 Å². The monoisotopic (exact) mass is 580 g/mol. The summed E-state index contributed by atoms with van der Waals surface area (Å²) in [7, 11) is 0. The van der Waals surface area contributed by atoms with Crippen LogP contribution in [0.25, 0.3) is 0 Å². The predicted octanol–water partition coefficient (Wildman–Crippen LogP) is 5.64. The lowest BCUT2D eigenvalue weighted by Gasteiger charge is -2.63. The van der Waals surface area contributed by atoms with Crippen LogP contribution in [0, 0.1) is 34.0 Å². The van der Waals surface area contributed by atoms with Crippen molar-refractivity contribution in [1.29, 1.82) is 5.26 Å². The molecule has 0 saturated heterocycles. The first-order valence-corrected chi connectivity index (χ1v) is 13.3. The van der Waals surface area contributed by atoms with Gasteiger partial charge in [0.1, 0.15) is 24.5 Å². The Morgan fingerprint density at radius 3 is 2.37 bits per heavy atom. The number of ether oxygens (including phenoxy) is 2.